The van der Waals surface area contributed by atoms with E-state index in [9.17, 15) is 0 Å². The van der Waals surface area contributed by atoms with Crippen molar-refractivity contribution < 1.29 is 22.1 Å². The fourth-order valence-corrected chi connectivity index (χ4v) is 19.7. The van der Waals surface area contributed by atoms with Crippen LogP contribution in [-0.4, -0.2) is 13.7 Å². The summed E-state index contributed by atoms with van der Waals surface area (Å²) in [4.78, 5) is 0. The van der Waals surface area contributed by atoms with E-state index < -0.39 is 0 Å². The van der Waals surface area contributed by atoms with E-state index in [-0.39, 0.29) is 0 Å². The van der Waals surface area contributed by atoms with Gasteiger partial charge in [0, 0.05) is 119 Å². The number of thiophene rings is 1. The van der Waals surface area contributed by atoms with Crippen molar-refractivity contribution in [1.29, 1.82) is 0 Å². The van der Waals surface area contributed by atoms with Crippen molar-refractivity contribution in [3.05, 3.63) is 382 Å². The number of hydrogen-bond acceptors (Lipinski definition) is 6. The van der Waals surface area contributed by atoms with Gasteiger partial charge >= 0.3 is 0 Å². The molecule has 0 unspecified atom stereocenters. The van der Waals surface area contributed by atoms with Crippen LogP contribution in [0.15, 0.2) is 404 Å². The zero-order chi connectivity index (χ0) is 76.5. The summed E-state index contributed by atoms with van der Waals surface area (Å²) in [5.41, 5.74) is 26.8. The summed E-state index contributed by atoms with van der Waals surface area (Å²) in [6.07, 6.45) is 0. The molecule has 0 N–H and O–H groups in total. The van der Waals surface area contributed by atoms with E-state index in [0.717, 1.165) is 143 Å². The van der Waals surface area contributed by atoms with Gasteiger partial charge in [0.05, 0.1) is 43.9 Å². The van der Waals surface area contributed by atoms with Crippen LogP contribution in [0.1, 0.15) is 0 Å². The van der Waals surface area contributed by atoms with Gasteiger partial charge in [-0.15, -0.1) is 11.3 Å². The number of fused-ring (bicyclic) bond motifs is 29. The molecule has 117 heavy (non-hydrogen) atoms. The molecule has 18 aromatic carbocycles. The molecule has 0 saturated carbocycles. The Balaban J connectivity index is 0.0000000980. The van der Waals surface area contributed by atoms with Gasteiger partial charge in [0.25, 0.3) is 0 Å². The summed E-state index contributed by atoms with van der Waals surface area (Å²) < 4.78 is 40.8. The number of benzene rings is 18. The molecule has 0 aliphatic heterocycles. The van der Waals surface area contributed by atoms with Crippen molar-refractivity contribution in [2.24, 2.45) is 0 Å². The maximum absolute atomic E-state index is 6.44. The first-order valence-corrected chi connectivity index (χ1v) is 40.4. The SMILES string of the molecule is c1ccc2c(c1)oc1cc3c(cc12)c1ccccc1n3-c1ccc(-c2ccc3sc4ccccc4c3c2)cc1.c1ccc2c(c1)oc1ccc(-c3ccc(-n4c5ccccc5c5c6oc7ccccc7c6ccc54)cc3)cc12.c1ccc2c(c1)oc1ccc(-c3ccc(-n4c5ccccc5c5ccc6oc7ccccc7c6c54)cc3)cc12. The lowest BCUT2D eigenvalue weighted by molar-refractivity contribution is 0.668. The maximum atomic E-state index is 6.44. The van der Waals surface area contributed by atoms with Crippen LogP contribution in [0.4, 0.5) is 0 Å². The number of para-hydroxylation sites is 8. The lowest BCUT2D eigenvalue weighted by Gasteiger charge is -2.10. The minimum absolute atomic E-state index is 0.907. The lowest BCUT2D eigenvalue weighted by Crippen LogP contribution is -1.94. The van der Waals surface area contributed by atoms with Crippen LogP contribution in [0.5, 0.6) is 0 Å². The second kappa shape index (κ2) is 25.5. The molecule has 9 aromatic heterocycles. The Morgan fingerprint density at radius 3 is 1.12 bits per heavy atom. The molecule has 0 spiro atoms. The lowest BCUT2D eigenvalue weighted by atomic mass is 10.0. The van der Waals surface area contributed by atoms with Crippen molar-refractivity contribution in [2.45, 2.75) is 0 Å². The summed E-state index contributed by atoms with van der Waals surface area (Å²) in [6.45, 7) is 0. The molecule has 27 rings (SSSR count). The Bertz CT molecular complexity index is 8590. The third-order valence-corrected chi connectivity index (χ3v) is 25.2. The zero-order valence-corrected chi connectivity index (χ0v) is 63.5. The summed E-state index contributed by atoms with van der Waals surface area (Å²) in [6, 6.07) is 135. The standard InChI is InChI=1S/2C36H21NO2.C36H21NOS/c1-4-10-30-28(9-1)35-31(19-18-27-25-7-2-6-12-33(25)39-36(27)35)37(30)24-16-13-22(14-17-24)23-15-20-34-29(21-23)26-8-3-5-11-32(26)38-34;1-4-10-30-25(7-1)27-18-20-34-35(28-9-3-6-12-32(28)39-34)36(27)37(30)24-16-13-22(14-17-24)23-15-19-33-29(21-23)26-8-2-5-11-31(26)38-33;1-4-10-31-25(7-1)28-20-29-26-8-2-5-11-33(26)38-34(29)21-32(28)37(31)24-16-13-22(14-17-24)23-15-18-36-30(19-23)27-9-3-6-12-35(27)39-36/h3*1-21H. The summed E-state index contributed by atoms with van der Waals surface area (Å²) in [7, 11) is 0. The Hall–Kier alpha value is -15.4. The fraction of sp³-hybridized carbons (Fsp3) is 0. The molecule has 0 bridgehead atoms. The van der Waals surface area contributed by atoms with Gasteiger partial charge in [0.15, 0.2) is 0 Å². The smallest absolute Gasteiger partial charge is 0.145 e. The van der Waals surface area contributed by atoms with Crippen LogP contribution in [0.2, 0.25) is 0 Å². The van der Waals surface area contributed by atoms with E-state index in [2.05, 4.69) is 335 Å². The van der Waals surface area contributed by atoms with Crippen LogP contribution in [0.25, 0.3) is 246 Å². The minimum atomic E-state index is 0.907. The first-order chi connectivity index (χ1) is 58.0. The van der Waals surface area contributed by atoms with Crippen molar-refractivity contribution >= 4 is 207 Å². The highest BCUT2D eigenvalue weighted by Gasteiger charge is 2.24. The molecule has 27 aromatic rings. The monoisotopic (exact) mass is 1510 g/mol. The summed E-state index contributed by atoms with van der Waals surface area (Å²) in [5.74, 6) is 0. The average Bonchev–Trinajstić information content (AvgIpc) is 1.57. The van der Waals surface area contributed by atoms with Gasteiger partial charge in [0.1, 0.15) is 55.8 Å². The highest BCUT2D eigenvalue weighted by atomic mass is 32.1. The number of nitrogens with zero attached hydrogens (tertiary/aromatic N) is 3. The van der Waals surface area contributed by atoms with Crippen LogP contribution in [0, 0.1) is 0 Å². The first kappa shape index (κ1) is 65.2. The third kappa shape index (κ3) is 10.1. The third-order valence-electron chi connectivity index (χ3n) is 24.0. The van der Waals surface area contributed by atoms with Gasteiger partial charge in [-0.05, 0) is 191 Å². The molecular weight excluding hydrogens is 1450 g/mol. The van der Waals surface area contributed by atoms with E-state index in [0.29, 0.717) is 0 Å². The molecule has 0 aliphatic rings. The van der Waals surface area contributed by atoms with E-state index in [1.807, 2.05) is 72.0 Å². The Kier molecular flexibility index (Phi) is 14.2. The van der Waals surface area contributed by atoms with Crippen molar-refractivity contribution in [1.82, 2.24) is 13.7 Å². The van der Waals surface area contributed by atoms with E-state index in [1.165, 1.54) is 103 Å². The van der Waals surface area contributed by atoms with Gasteiger partial charge in [-0.3, -0.25) is 0 Å². The number of rotatable bonds is 6. The summed E-state index contributed by atoms with van der Waals surface area (Å²) in [5, 5.41) is 21.4. The number of hydrogen-bond donors (Lipinski definition) is 0. The van der Waals surface area contributed by atoms with Gasteiger partial charge in [-0.2, -0.15) is 0 Å². The molecule has 0 aliphatic carbocycles. The van der Waals surface area contributed by atoms with Gasteiger partial charge in [0.2, 0.25) is 0 Å². The molecule has 0 saturated heterocycles. The van der Waals surface area contributed by atoms with Crippen molar-refractivity contribution in [3.8, 4) is 50.4 Å². The fourth-order valence-electron chi connectivity index (χ4n) is 18.6. The van der Waals surface area contributed by atoms with E-state index in [4.69, 9.17) is 22.1 Å². The topological polar surface area (TPSA) is 80.5 Å². The maximum Gasteiger partial charge on any atom is 0.145 e. The Labute approximate surface area is 670 Å². The predicted octanol–water partition coefficient (Wildman–Crippen LogP) is 31.2. The highest BCUT2D eigenvalue weighted by molar-refractivity contribution is 7.25. The minimum Gasteiger partial charge on any atom is -0.456 e. The molecule has 546 valence electrons. The van der Waals surface area contributed by atoms with E-state index >= 15 is 0 Å². The normalized spacial score (nSPS) is 12.1. The number of furan rings is 5. The largest absolute Gasteiger partial charge is 0.456 e. The Morgan fingerprint density at radius 2 is 0.538 bits per heavy atom. The van der Waals surface area contributed by atoms with Crippen molar-refractivity contribution in [3.63, 3.8) is 0 Å². The zero-order valence-electron chi connectivity index (χ0n) is 62.7. The van der Waals surface area contributed by atoms with Gasteiger partial charge in [-0.1, -0.05) is 218 Å². The van der Waals surface area contributed by atoms with Crippen LogP contribution < -0.4 is 0 Å². The quantitative estimate of drug-likeness (QED) is 0.166. The van der Waals surface area contributed by atoms with E-state index in [1.54, 1.807) is 0 Å². The van der Waals surface area contributed by atoms with Gasteiger partial charge < -0.3 is 35.8 Å². The second-order valence-corrected chi connectivity index (χ2v) is 31.5. The predicted molar refractivity (Wildman–Crippen MR) is 488 cm³/mol. The first-order valence-electron chi connectivity index (χ1n) is 39.6. The number of aromatic nitrogens is 3. The van der Waals surface area contributed by atoms with Crippen LogP contribution >= 0.6 is 11.3 Å². The summed E-state index contributed by atoms with van der Waals surface area (Å²) >= 11 is 1.86. The molecular formula is C108H63N3O5S. The average molecular weight is 1510 g/mol. The molecule has 9 heteroatoms. The molecule has 0 fully saturated rings. The molecule has 0 radical (unpaired) electrons. The second-order valence-electron chi connectivity index (χ2n) is 30.5. The van der Waals surface area contributed by atoms with Crippen molar-refractivity contribution in [2.75, 3.05) is 0 Å². The Morgan fingerprint density at radius 1 is 0.171 bits per heavy atom. The van der Waals surface area contributed by atoms with Crippen LogP contribution in [-0.2, 0) is 0 Å². The highest BCUT2D eigenvalue weighted by Crippen LogP contribution is 2.46. The van der Waals surface area contributed by atoms with Crippen LogP contribution in [0.3, 0.4) is 0 Å². The molecule has 0 atom stereocenters. The molecule has 0 amide bonds. The molecule has 9 heterocycles. The molecule has 8 nitrogen and oxygen atoms in total. The van der Waals surface area contributed by atoms with Gasteiger partial charge in [-0.25, -0.2) is 0 Å².